The van der Waals surface area contributed by atoms with Gasteiger partial charge in [-0.25, -0.2) is 0 Å². The fraction of sp³-hybridized carbons (Fsp3) is 0.812. The van der Waals surface area contributed by atoms with Gasteiger partial charge in [0.2, 0.25) is 11.8 Å². The van der Waals surface area contributed by atoms with Gasteiger partial charge in [0.15, 0.2) is 0 Å². The summed E-state index contributed by atoms with van der Waals surface area (Å²) in [5.74, 6) is -0.937. The molecular formula is C16H30ClN3O4. The van der Waals surface area contributed by atoms with Crippen LogP contribution in [0.3, 0.4) is 0 Å². The van der Waals surface area contributed by atoms with E-state index < -0.39 is 12.0 Å². The van der Waals surface area contributed by atoms with Crippen molar-refractivity contribution >= 4 is 30.2 Å². The number of likely N-dealkylation sites (tertiary alicyclic amines) is 1. The summed E-state index contributed by atoms with van der Waals surface area (Å²) in [4.78, 5) is 36.4. The minimum Gasteiger partial charge on any atom is -0.480 e. The van der Waals surface area contributed by atoms with Crippen molar-refractivity contribution < 1.29 is 19.5 Å². The van der Waals surface area contributed by atoms with Crippen LogP contribution in [0.5, 0.6) is 0 Å². The third-order valence-corrected chi connectivity index (χ3v) is 3.98. The van der Waals surface area contributed by atoms with Crippen molar-refractivity contribution in [2.24, 2.45) is 0 Å². The third kappa shape index (κ3) is 9.08. The van der Waals surface area contributed by atoms with Gasteiger partial charge in [0.05, 0.1) is 6.54 Å². The fourth-order valence-electron chi connectivity index (χ4n) is 2.65. The van der Waals surface area contributed by atoms with E-state index in [9.17, 15) is 14.4 Å². The van der Waals surface area contributed by atoms with Gasteiger partial charge in [-0.3, -0.25) is 19.7 Å². The van der Waals surface area contributed by atoms with Gasteiger partial charge < -0.3 is 15.3 Å². The largest absolute Gasteiger partial charge is 0.480 e. The van der Waals surface area contributed by atoms with E-state index in [-0.39, 0.29) is 30.8 Å². The van der Waals surface area contributed by atoms with Crippen LogP contribution >= 0.6 is 12.4 Å². The Bertz CT molecular complexity index is 407. The number of carbonyl (C=O) groups excluding carboxylic acids is 2. The molecule has 0 aromatic heterocycles. The monoisotopic (exact) mass is 363 g/mol. The smallest absolute Gasteiger partial charge is 0.320 e. The van der Waals surface area contributed by atoms with E-state index in [2.05, 4.69) is 10.6 Å². The Morgan fingerprint density at radius 2 is 2.04 bits per heavy atom. The zero-order valence-corrected chi connectivity index (χ0v) is 15.2. The zero-order valence-electron chi connectivity index (χ0n) is 14.4. The fourth-order valence-corrected chi connectivity index (χ4v) is 2.65. The van der Waals surface area contributed by atoms with Crippen LogP contribution in [0.1, 0.15) is 51.9 Å². The van der Waals surface area contributed by atoms with Gasteiger partial charge in [-0.05, 0) is 25.7 Å². The highest BCUT2D eigenvalue weighted by Gasteiger charge is 2.17. The summed E-state index contributed by atoms with van der Waals surface area (Å²) in [5, 5.41) is 14.5. The second kappa shape index (κ2) is 13.0. The number of rotatable bonds is 10. The minimum atomic E-state index is -0.931. The van der Waals surface area contributed by atoms with Crippen LogP contribution in [-0.4, -0.2) is 60.0 Å². The predicted molar refractivity (Wildman–Crippen MR) is 94.3 cm³/mol. The number of nitrogens with zero attached hydrogens (tertiary/aromatic N) is 1. The molecule has 0 aromatic carbocycles. The van der Waals surface area contributed by atoms with Crippen LogP contribution in [0.4, 0.5) is 0 Å². The highest BCUT2D eigenvalue weighted by molar-refractivity contribution is 5.85. The molecule has 7 nitrogen and oxygen atoms in total. The normalized spacial score (nSPS) is 16.0. The molecule has 8 heteroatoms. The second-order valence-electron chi connectivity index (χ2n) is 5.96. The molecule has 0 saturated carbocycles. The Morgan fingerprint density at radius 3 is 2.71 bits per heavy atom. The molecule has 1 fully saturated rings. The van der Waals surface area contributed by atoms with E-state index in [0.29, 0.717) is 25.9 Å². The first-order chi connectivity index (χ1) is 11.0. The van der Waals surface area contributed by atoms with E-state index in [0.717, 1.165) is 38.6 Å². The van der Waals surface area contributed by atoms with Crippen LogP contribution in [0.25, 0.3) is 0 Å². The molecule has 0 aliphatic carbocycles. The Balaban J connectivity index is 0.00000529. The van der Waals surface area contributed by atoms with Gasteiger partial charge in [-0.15, -0.1) is 12.4 Å². The van der Waals surface area contributed by atoms with Crippen molar-refractivity contribution in [2.45, 2.75) is 57.9 Å². The molecule has 1 unspecified atom stereocenters. The zero-order chi connectivity index (χ0) is 17.1. The van der Waals surface area contributed by atoms with Crippen LogP contribution in [0, 0.1) is 0 Å². The molecule has 140 valence electrons. The lowest BCUT2D eigenvalue weighted by Crippen LogP contribution is -2.43. The number of carbonyl (C=O) groups is 3. The number of carboxylic acids is 1. The van der Waals surface area contributed by atoms with Gasteiger partial charge in [0.1, 0.15) is 6.04 Å². The van der Waals surface area contributed by atoms with Gasteiger partial charge >= 0.3 is 5.97 Å². The van der Waals surface area contributed by atoms with E-state index in [1.54, 1.807) is 0 Å². The molecule has 0 bridgehead atoms. The van der Waals surface area contributed by atoms with Crippen molar-refractivity contribution in [3.05, 3.63) is 0 Å². The number of aliphatic carboxylic acids is 1. The number of hydrogen-bond donors (Lipinski definition) is 3. The lowest BCUT2D eigenvalue weighted by Gasteiger charge is -2.20. The average molecular weight is 364 g/mol. The van der Waals surface area contributed by atoms with Gasteiger partial charge in [0.25, 0.3) is 0 Å². The van der Waals surface area contributed by atoms with Crippen LogP contribution in [-0.2, 0) is 14.4 Å². The maximum atomic E-state index is 11.8. The topological polar surface area (TPSA) is 98.7 Å². The minimum absolute atomic E-state index is 0. The summed E-state index contributed by atoms with van der Waals surface area (Å²) < 4.78 is 0. The molecule has 0 aromatic rings. The van der Waals surface area contributed by atoms with E-state index >= 15 is 0 Å². The number of carboxylic acid groups (broad SMARTS) is 1. The van der Waals surface area contributed by atoms with Gasteiger partial charge in [0, 0.05) is 26.1 Å². The van der Waals surface area contributed by atoms with E-state index in [4.69, 9.17) is 5.11 Å². The number of hydrogen-bond acceptors (Lipinski definition) is 4. The SMILES string of the molecule is CCCC(NCC(=O)NCCCN1CCCCCC1=O)C(=O)O.Cl. The van der Waals surface area contributed by atoms with Gasteiger partial charge in [-0.2, -0.15) is 0 Å². The number of nitrogens with one attached hydrogen (secondary N) is 2. The van der Waals surface area contributed by atoms with Crippen LogP contribution in [0.2, 0.25) is 0 Å². The summed E-state index contributed by atoms with van der Waals surface area (Å²) in [6.45, 7) is 3.88. The summed E-state index contributed by atoms with van der Waals surface area (Å²) in [7, 11) is 0. The third-order valence-electron chi connectivity index (χ3n) is 3.98. The Hall–Kier alpha value is -1.34. The molecule has 1 rings (SSSR count). The van der Waals surface area contributed by atoms with Crippen molar-refractivity contribution in [2.75, 3.05) is 26.2 Å². The molecular weight excluding hydrogens is 334 g/mol. The van der Waals surface area contributed by atoms with Gasteiger partial charge in [-0.1, -0.05) is 19.8 Å². The number of amides is 2. The molecule has 1 saturated heterocycles. The lowest BCUT2D eigenvalue weighted by atomic mass is 10.2. The molecule has 24 heavy (non-hydrogen) atoms. The molecule has 2 amide bonds. The Kier molecular flexibility index (Phi) is 12.3. The van der Waals surface area contributed by atoms with Crippen molar-refractivity contribution in [1.29, 1.82) is 0 Å². The second-order valence-corrected chi connectivity index (χ2v) is 5.96. The predicted octanol–water partition coefficient (Wildman–Crippen LogP) is 1.16. The standard InChI is InChI=1S/C16H29N3O4.ClH/c1-2-7-13(16(22)23)18-12-14(20)17-9-6-11-19-10-5-3-4-8-15(19)21;/h13,18H,2-12H2,1H3,(H,17,20)(H,22,23);1H. The first-order valence-corrected chi connectivity index (χ1v) is 8.55. The van der Waals surface area contributed by atoms with Crippen LogP contribution < -0.4 is 10.6 Å². The summed E-state index contributed by atoms with van der Waals surface area (Å²) in [5.41, 5.74) is 0. The first kappa shape index (κ1) is 22.7. The Labute approximate surface area is 149 Å². The van der Waals surface area contributed by atoms with Crippen molar-refractivity contribution in [1.82, 2.24) is 15.5 Å². The molecule has 1 heterocycles. The quantitative estimate of drug-likeness (QED) is 0.506. The highest BCUT2D eigenvalue weighted by Crippen LogP contribution is 2.11. The molecule has 1 atom stereocenters. The van der Waals surface area contributed by atoms with Crippen molar-refractivity contribution in [3.63, 3.8) is 0 Å². The molecule has 0 radical (unpaired) electrons. The molecule has 1 aliphatic heterocycles. The summed E-state index contributed by atoms with van der Waals surface area (Å²) in [6, 6.07) is -0.680. The highest BCUT2D eigenvalue weighted by atomic mass is 35.5. The first-order valence-electron chi connectivity index (χ1n) is 8.55. The van der Waals surface area contributed by atoms with E-state index in [1.807, 2.05) is 11.8 Å². The lowest BCUT2D eigenvalue weighted by molar-refractivity contribution is -0.139. The van der Waals surface area contributed by atoms with Crippen molar-refractivity contribution in [3.8, 4) is 0 Å². The molecule has 0 spiro atoms. The summed E-state index contributed by atoms with van der Waals surface area (Å²) >= 11 is 0. The average Bonchev–Trinajstić information content (AvgIpc) is 2.72. The maximum Gasteiger partial charge on any atom is 0.320 e. The van der Waals surface area contributed by atoms with Crippen LogP contribution in [0.15, 0.2) is 0 Å². The summed E-state index contributed by atoms with van der Waals surface area (Å²) in [6.07, 6.45) is 5.72. The molecule has 3 N–H and O–H groups in total. The Morgan fingerprint density at radius 1 is 1.29 bits per heavy atom. The number of halogens is 1. The molecule has 1 aliphatic rings. The maximum absolute atomic E-state index is 11.8. The van der Waals surface area contributed by atoms with E-state index in [1.165, 1.54) is 0 Å².